The van der Waals surface area contributed by atoms with Gasteiger partial charge < -0.3 is 9.47 Å². The first-order valence-corrected chi connectivity index (χ1v) is 6.50. The van der Waals surface area contributed by atoms with E-state index < -0.39 is 11.6 Å². The quantitative estimate of drug-likeness (QED) is 0.510. The summed E-state index contributed by atoms with van der Waals surface area (Å²) < 4.78 is 10.5. The summed E-state index contributed by atoms with van der Waals surface area (Å²) in [5.74, 6) is -0.0973. The SMILES string of the molecule is CC(=O)N/N=C\c1ccc(OCC(=O)OC(C)(C)C)cc1. The second kappa shape index (κ2) is 7.42. The van der Waals surface area contributed by atoms with Crippen molar-refractivity contribution in [1.29, 1.82) is 0 Å². The highest BCUT2D eigenvalue weighted by Crippen LogP contribution is 2.12. The zero-order valence-corrected chi connectivity index (χ0v) is 12.7. The molecule has 0 unspecified atom stereocenters. The van der Waals surface area contributed by atoms with Gasteiger partial charge >= 0.3 is 5.97 Å². The van der Waals surface area contributed by atoms with Crippen molar-refractivity contribution in [3.63, 3.8) is 0 Å². The molecule has 0 saturated carbocycles. The molecule has 0 aromatic heterocycles. The van der Waals surface area contributed by atoms with E-state index in [1.54, 1.807) is 45.0 Å². The van der Waals surface area contributed by atoms with Gasteiger partial charge in [-0.15, -0.1) is 0 Å². The van der Waals surface area contributed by atoms with Crippen LogP contribution in [-0.2, 0) is 14.3 Å². The van der Waals surface area contributed by atoms with Crippen molar-refractivity contribution in [2.75, 3.05) is 6.61 Å². The number of amides is 1. The third-order valence-corrected chi connectivity index (χ3v) is 2.09. The highest BCUT2D eigenvalue weighted by atomic mass is 16.6. The minimum atomic E-state index is -0.523. The van der Waals surface area contributed by atoms with Crippen molar-refractivity contribution < 1.29 is 19.1 Å². The lowest BCUT2D eigenvalue weighted by Gasteiger charge is -2.19. The molecule has 0 saturated heterocycles. The van der Waals surface area contributed by atoms with Gasteiger partial charge in [0.1, 0.15) is 11.4 Å². The maximum absolute atomic E-state index is 11.5. The number of rotatable bonds is 5. The van der Waals surface area contributed by atoms with E-state index in [1.807, 2.05) is 0 Å². The molecule has 0 fully saturated rings. The molecule has 0 bridgehead atoms. The highest BCUT2D eigenvalue weighted by molar-refractivity contribution is 5.81. The first-order valence-electron chi connectivity index (χ1n) is 6.50. The van der Waals surface area contributed by atoms with Gasteiger partial charge in [0.2, 0.25) is 5.91 Å². The normalized spacial score (nSPS) is 11.2. The van der Waals surface area contributed by atoms with Crippen LogP contribution in [0.15, 0.2) is 29.4 Å². The fourth-order valence-electron chi connectivity index (χ4n) is 1.36. The van der Waals surface area contributed by atoms with Gasteiger partial charge in [0.15, 0.2) is 6.61 Å². The molecule has 1 N–H and O–H groups in total. The molecule has 0 spiro atoms. The molecule has 6 nitrogen and oxygen atoms in total. The Kier molecular flexibility index (Phi) is 5.90. The Morgan fingerprint density at radius 3 is 2.38 bits per heavy atom. The summed E-state index contributed by atoms with van der Waals surface area (Å²) in [6.07, 6.45) is 1.51. The fourth-order valence-corrected chi connectivity index (χ4v) is 1.36. The number of hydrogen-bond donors (Lipinski definition) is 1. The molecule has 1 aromatic carbocycles. The largest absolute Gasteiger partial charge is 0.482 e. The van der Waals surface area contributed by atoms with Gasteiger partial charge in [-0.1, -0.05) is 0 Å². The van der Waals surface area contributed by atoms with E-state index >= 15 is 0 Å². The van der Waals surface area contributed by atoms with Crippen molar-refractivity contribution in [1.82, 2.24) is 5.43 Å². The van der Waals surface area contributed by atoms with Crippen LogP contribution in [0.4, 0.5) is 0 Å². The summed E-state index contributed by atoms with van der Waals surface area (Å²) in [6, 6.07) is 6.93. The molecular weight excluding hydrogens is 272 g/mol. The maximum Gasteiger partial charge on any atom is 0.344 e. The number of ether oxygens (including phenoxy) is 2. The number of carbonyl (C=O) groups is 2. The lowest BCUT2D eigenvalue weighted by molar-refractivity contribution is -0.157. The Morgan fingerprint density at radius 2 is 1.86 bits per heavy atom. The van der Waals surface area contributed by atoms with E-state index in [1.165, 1.54) is 13.1 Å². The van der Waals surface area contributed by atoms with Crippen LogP contribution in [0.25, 0.3) is 0 Å². The van der Waals surface area contributed by atoms with E-state index in [4.69, 9.17) is 9.47 Å². The van der Waals surface area contributed by atoms with Crippen molar-refractivity contribution in [3.05, 3.63) is 29.8 Å². The number of nitrogens with zero attached hydrogens (tertiary/aromatic N) is 1. The molecule has 0 atom stereocenters. The highest BCUT2D eigenvalue weighted by Gasteiger charge is 2.16. The number of esters is 1. The summed E-state index contributed by atoms with van der Waals surface area (Å²) in [5, 5.41) is 3.75. The Morgan fingerprint density at radius 1 is 1.24 bits per heavy atom. The average molecular weight is 292 g/mol. The van der Waals surface area contributed by atoms with E-state index in [-0.39, 0.29) is 12.5 Å². The second-order valence-corrected chi connectivity index (χ2v) is 5.37. The topological polar surface area (TPSA) is 77.0 Å². The van der Waals surface area contributed by atoms with Gasteiger partial charge in [0.25, 0.3) is 0 Å². The Hall–Kier alpha value is -2.37. The van der Waals surface area contributed by atoms with E-state index in [9.17, 15) is 9.59 Å². The first kappa shape index (κ1) is 16.7. The summed E-state index contributed by atoms with van der Waals surface area (Å²) in [5.41, 5.74) is 2.58. The molecule has 1 rings (SSSR count). The third-order valence-electron chi connectivity index (χ3n) is 2.09. The summed E-state index contributed by atoms with van der Waals surface area (Å²) in [4.78, 5) is 22.1. The van der Waals surface area contributed by atoms with E-state index in [0.717, 1.165) is 5.56 Å². The molecule has 0 aliphatic carbocycles. The van der Waals surface area contributed by atoms with Gasteiger partial charge in [0.05, 0.1) is 6.21 Å². The van der Waals surface area contributed by atoms with Crippen LogP contribution in [0.3, 0.4) is 0 Å². The lowest BCUT2D eigenvalue weighted by Crippen LogP contribution is -2.27. The smallest absolute Gasteiger partial charge is 0.344 e. The minimum absolute atomic E-state index is 0.142. The van der Waals surface area contributed by atoms with E-state index in [0.29, 0.717) is 5.75 Å². The van der Waals surface area contributed by atoms with Gasteiger partial charge in [-0.25, -0.2) is 10.2 Å². The van der Waals surface area contributed by atoms with Crippen LogP contribution < -0.4 is 10.2 Å². The van der Waals surface area contributed by atoms with Crippen molar-refractivity contribution in [2.45, 2.75) is 33.3 Å². The number of carbonyl (C=O) groups excluding carboxylic acids is 2. The summed E-state index contributed by atoms with van der Waals surface area (Å²) in [6.45, 7) is 6.64. The predicted molar refractivity (Wildman–Crippen MR) is 79.2 cm³/mol. The van der Waals surface area contributed by atoms with Crippen molar-refractivity contribution in [2.24, 2.45) is 5.10 Å². The Labute approximate surface area is 124 Å². The van der Waals surface area contributed by atoms with Gasteiger partial charge in [0, 0.05) is 6.92 Å². The minimum Gasteiger partial charge on any atom is -0.482 e. The first-order chi connectivity index (χ1) is 9.76. The molecule has 1 amide bonds. The number of hydrogen-bond acceptors (Lipinski definition) is 5. The molecule has 1 aromatic rings. The second-order valence-electron chi connectivity index (χ2n) is 5.37. The van der Waals surface area contributed by atoms with E-state index in [2.05, 4.69) is 10.5 Å². The van der Waals surface area contributed by atoms with Crippen molar-refractivity contribution >= 4 is 18.1 Å². The summed E-state index contributed by atoms with van der Waals surface area (Å²) in [7, 11) is 0. The van der Waals surface area contributed by atoms with Crippen LogP contribution in [0, 0.1) is 0 Å². The zero-order valence-electron chi connectivity index (χ0n) is 12.7. The molecular formula is C15H20N2O4. The zero-order chi connectivity index (χ0) is 15.9. The molecule has 0 aliphatic heterocycles. The Bertz CT molecular complexity index is 515. The van der Waals surface area contributed by atoms with Gasteiger partial charge in [-0.3, -0.25) is 4.79 Å². The molecule has 0 radical (unpaired) electrons. The number of hydrazone groups is 1. The number of nitrogens with one attached hydrogen (secondary N) is 1. The van der Waals surface area contributed by atoms with Crippen LogP contribution >= 0.6 is 0 Å². The monoisotopic (exact) mass is 292 g/mol. The standard InChI is InChI=1S/C15H20N2O4/c1-11(18)17-16-9-12-5-7-13(8-6-12)20-10-14(19)21-15(2,3)4/h5-9H,10H2,1-4H3,(H,17,18)/b16-9-. The third kappa shape index (κ3) is 7.71. The molecule has 0 heterocycles. The summed E-state index contributed by atoms with van der Waals surface area (Å²) >= 11 is 0. The fraction of sp³-hybridized carbons (Fsp3) is 0.400. The molecule has 21 heavy (non-hydrogen) atoms. The van der Waals surface area contributed by atoms with Crippen LogP contribution in [0.5, 0.6) is 5.75 Å². The van der Waals surface area contributed by atoms with Crippen LogP contribution in [-0.4, -0.2) is 30.3 Å². The average Bonchev–Trinajstić information content (AvgIpc) is 2.35. The van der Waals surface area contributed by atoms with Crippen LogP contribution in [0.2, 0.25) is 0 Å². The lowest BCUT2D eigenvalue weighted by atomic mass is 10.2. The molecule has 0 aliphatic rings. The predicted octanol–water partition coefficient (Wildman–Crippen LogP) is 1.88. The number of benzene rings is 1. The molecule has 6 heteroatoms. The molecule has 114 valence electrons. The van der Waals surface area contributed by atoms with Gasteiger partial charge in [-0.05, 0) is 50.6 Å². The van der Waals surface area contributed by atoms with Crippen LogP contribution in [0.1, 0.15) is 33.3 Å². The Balaban J connectivity index is 2.46. The van der Waals surface area contributed by atoms with Gasteiger partial charge in [-0.2, -0.15) is 5.10 Å². The maximum atomic E-state index is 11.5. The van der Waals surface area contributed by atoms with Crippen molar-refractivity contribution in [3.8, 4) is 5.75 Å².